The standard InChI is InChI=1S/C13H11F3N2O2/c1-7-10(11(19)18-12(20)17-7)6-8-3-2-4-9(5-8)13(14,15)16/h2-5H,6H2,1H3,(H2,17,18,19,20). The largest absolute Gasteiger partial charge is 0.416 e. The Morgan fingerprint density at radius 2 is 1.85 bits per heavy atom. The smallest absolute Gasteiger partial charge is 0.311 e. The van der Waals surface area contributed by atoms with Gasteiger partial charge in [-0.05, 0) is 18.6 Å². The molecule has 0 saturated carbocycles. The van der Waals surface area contributed by atoms with Crippen molar-refractivity contribution < 1.29 is 13.2 Å². The topological polar surface area (TPSA) is 65.7 Å². The molecule has 4 nitrogen and oxygen atoms in total. The van der Waals surface area contributed by atoms with Gasteiger partial charge in [0.05, 0.1) is 5.56 Å². The van der Waals surface area contributed by atoms with E-state index >= 15 is 0 Å². The summed E-state index contributed by atoms with van der Waals surface area (Å²) in [5.41, 5.74) is -1.07. The average Bonchev–Trinajstić information content (AvgIpc) is 2.33. The number of benzene rings is 1. The predicted molar refractivity (Wildman–Crippen MR) is 66.7 cm³/mol. The van der Waals surface area contributed by atoms with Crippen LogP contribution in [0.4, 0.5) is 13.2 Å². The Kier molecular flexibility index (Phi) is 3.52. The lowest BCUT2D eigenvalue weighted by Gasteiger charge is -2.09. The number of hydrogen-bond acceptors (Lipinski definition) is 2. The third-order valence-electron chi connectivity index (χ3n) is 2.89. The molecule has 0 aliphatic heterocycles. The number of aromatic nitrogens is 2. The molecule has 0 aliphatic carbocycles. The molecule has 106 valence electrons. The number of H-pyrrole nitrogens is 2. The molecule has 2 rings (SSSR count). The lowest BCUT2D eigenvalue weighted by Crippen LogP contribution is -2.27. The third kappa shape index (κ3) is 2.98. The lowest BCUT2D eigenvalue weighted by atomic mass is 10.0. The van der Waals surface area contributed by atoms with Crippen LogP contribution in [0.5, 0.6) is 0 Å². The number of nitrogens with one attached hydrogen (secondary N) is 2. The number of aromatic amines is 2. The Labute approximate surface area is 111 Å². The Bertz CT molecular complexity index is 744. The number of hydrogen-bond donors (Lipinski definition) is 2. The summed E-state index contributed by atoms with van der Waals surface area (Å²) in [5, 5.41) is 0. The zero-order valence-corrected chi connectivity index (χ0v) is 10.5. The molecule has 1 aromatic heterocycles. The maximum absolute atomic E-state index is 12.6. The number of halogens is 3. The molecule has 0 radical (unpaired) electrons. The van der Waals surface area contributed by atoms with Crippen LogP contribution in [0.3, 0.4) is 0 Å². The van der Waals surface area contributed by atoms with Crippen molar-refractivity contribution in [3.63, 3.8) is 0 Å². The second-order valence-electron chi connectivity index (χ2n) is 4.39. The van der Waals surface area contributed by atoms with Crippen LogP contribution in [0.25, 0.3) is 0 Å². The van der Waals surface area contributed by atoms with Gasteiger partial charge in [0, 0.05) is 17.7 Å². The zero-order chi connectivity index (χ0) is 14.9. The van der Waals surface area contributed by atoms with E-state index in [1.54, 1.807) is 0 Å². The maximum Gasteiger partial charge on any atom is 0.416 e. The lowest BCUT2D eigenvalue weighted by molar-refractivity contribution is -0.137. The van der Waals surface area contributed by atoms with E-state index in [9.17, 15) is 22.8 Å². The van der Waals surface area contributed by atoms with Crippen molar-refractivity contribution in [3.05, 3.63) is 67.5 Å². The highest BCUT2D eigenvalue weighted by atomic mass is 19.4. The molecule has 0 spiro atoms. The summed E-state index contributed by atoms with van der Waals surface area (Å²) in [7, 11) is 0. The number of aryl methyl sites for hydroxylation is 1. The van der Waals surface area contributed by atoms with E-state index in [-0.39, 0.29) is 12.0 Å². The summed E-state index contributed by atoms with van der Waals surface area (Å²) in [5.74, 6) is 0. The minimum Gasteiger partial charge on any atom is -0.311 e. The van der Waals surface area contributed by atoms with Gasteiger partial charge < -0.3 is 4.98 Å². The fraction of sp³-hybridized carbons (Fsp3) is 0.231. The van der Waals surface area contributed by atoms with E-state index < -0.39 is 23.0 Å². The van der Waals surface area contributed by atoms with Gasteiger partial charge in [-0.3, -0.25) is 9.78 Å². The van der Waals surface area contributed by atoms with E-state index in [0.717, 1.165) is 12.1 Å². The molecule has 2 aromatic rings. The molecule has 0 aliphatic rings. The van der Waals surface area contributed by atoms with Gasteiger partial charge in [-0.1, -0.05) is 18.2 Å². The van der Waals surface area contributed by atoms with Gasteiger partial charge in [-0.2, -0.15) is 13.2 Å². The molecule has 0 bridgehead atoms. The van der Waals surface area contributed by atoms with Crippen molar-refractivity contribution in [2.45, 2.75) is 19.5 Å². The van der Waals surface area contributed by atoms with Crippen LogP contribution in [0.1, 0.15) is 22.4 Å². The first kappa shape index (κ1) is 14.1. The Hall–Kier alpha value is -2.31. The van der Waals surface area contributed by atoms with Crippen LogP contribution in [0.15, 0.2) is 33.9 Å². The number of alkyl halides is 3. The van der Waals surface area contributed by atoms with Gasteiger partial charge in [0.15, 0.2) is 0 Å². The highest BCUT2D eigenvalue weighted by molar-refractivity contribution is 5.31. The van der Waals surface area contributed by atoms with E-state index in [2.05, 4.69) is 9.97 Å². The van der Waals surface area contributed by atoms with Crippen LogP contribution in [0, 0.1) is 6.92 Å². The first-order chi connectivity index (χ1) is 9.27. The Morgan fingerprint density at radius 3 is 2.45 bits per heavy atom. The summed E-state index contributed by atoms with van der Waals surface area (Å²) in [6.07, 6.45) is -4.41. The van der Waals surface area contributed by atoms with E-state index in [1.165, 1.54) is 19.1 Å². The minimum absolute atomic E-state index is 0.0157. The van der Waals surface area contributed by atoms with Gasteiger partial charge >= 0.3 is 11.9 Å². The summed E-state index contributed by atoms with van der Waals surface area (Å²) >= 11 is 0. The van der Waals surface area contributed by atoms with Crippen LogP contribution in [-0.4, -0.2) is 9.97 Å². The normalized spacial score (nSPS) is 11.6. The molecule has 0 fully saturated rings. The molecule has 7 heteroatoms. The molecular weight excluding hydrogens is 273 g/mol. The first-order valence-electron chi connectivity index (χ1n) is 5.75. The van der Waals surface area contributed by atoms with Crippen molar-refractivity contribution in [1.29, 1.82) is 0 Å². The van der Waals surface area contributed by atoms with E-state index in [4.69, 9.17) is 0 Å². The molecule has 1 aromatic carbocycles. The fourth-order valence-electron chi connectivity index (χ4n) is 1.90. The van der Waals surface area contributed by atoms with Gasteiger partial charge in [-0.25, -0.2) is 4.79 Å². The van der Waals surface area contributed by atoms with Crippen molar-refractivity contribution in [2.75, 3.05) is 0 Å². The maximum atomic E-state index is 12.6. The summed E-state index contributed by atoms with van der Waals surface area (Å²) in [6.45, 7) is 1.53. The van der Waals surface area contributed by atoms with Crippen molar-refractivity contribution in [2.24, 2.45) is 0 Å². The van der Waals surface area contributed by atoms with Crippen molar-refractivity contribution in [1.82, 2.24) is 9.97 Å². The Morgan fingerprint density at radius 1 is 1.15 bits per heavy atom. The summed E-state index contributed by atoms with van der Waals surface area (Å²) in [6, 6.07) is 4.74. The van der Waals surface area contributed by atoms with Crippen molar-refractivity contribution >= 4 is 0 Å². The van der Waals surface area contributed by atoms with Gasteiger partial charge in [0.25, 0.3) is 5.56 Å². The average molecular weight is 284 g/mol. The molecule has 1 heterocycles. The van der Waals surface area contributed by atoms with Crippen LogP contribution < -0.4 is 11.2 Å². The molecule has 0 unspecified atom stereocenters. The van der Waals surface area contributed by atoms with Gasteiger partial charge in [-0.15, -0.1) is 0 Å². The SMILES string of the molecule is Cc1[nH]c(=O)[nH]c(=O)c1Cc1cccc(C(F)(F)F)c1. The molecule has 0 saturated heterocycles. The van der Waals surface area contributed by atoms with Crippen LogP contribution in [-0.2, 0) is 12.6 Å². The summed E-state index contributed by atoms with van der Waals surface area (Å²) < 4.78 is 37.8. The van der Waals surface area contributed by atoms with Crippen LogP contribution >= 0.6 is 0 Å². The molecule has 20 heavy (non-hydrogen) atoms. The van der Waals surface area contributed by atoms with E-state index in [0.29, 0.717) is 11.3 Å². The quantitative estimate of drug-likeness (QED) is 0.885. The highest BCUT2D eigenvalue weighted by Crippen LogP contribution is 2.29. The molecule has 0 amide bonds. The van der Waals surface area contributed by atoms with Crippen molar-refractivity contribution in [3.8, 4) is 0 Å². The molecule has 0 atom stereocenters. The fourth-order valence-corrected chi connectivity index (χ4v) is 1.90. The van der Waals surface area contributed by atoms with Gasteiger partial charge in [0.1, 0.15) is 0 Å². The minimum atomic E-state index is -4.43. The second-order valence-corrected chi connectivity index (χ2v) is 4.39. The molecular formula is C13H11F3N2O2. The molecule has 2 N–H and O–H groups in total. The zero-order valence-electron chi connectivity index (χ0n) is 10.5. The predicted octanol–water partition coefficient (Wildman–Crippen LogP) is 1.98. The summed E-state index contributed by atoms with van der Waals surface area (Å²) in [4.78, 5) is 27.2. The monoisotopic (exact) mass is 284 g/mol. The van der Waals surface area contributed by atoms with Crippen LogP contribution in [0.2, 0.25) is 0 Å². The highest BCUT2D eigenvalue weighted by Gasteiger charge is 2.30. The third-order valence-corrected chi connectivity index (χ3v) is 2.89. The van der Waals surface area contributed by atoms with E-state index in [1.807, 2.05) is 0 Å². The second kappa shape index (κ2) is 4.99. The Balaban J connectivity index is 2.41. The number of rotatable bonds is 2. The first-order valence-corrected chi connectivity index (χ1v) is 5.75. The van der Waals surface area contributed by atoms with Gasteiger partial charge in [0.2, 0.25) is 0 Å².